The van der Waals surface area contributed by atoms with Crippen LogP contribution < -0.4 is 0 Å². The normalized spacial score (nSPS) is 29.8. The quantitative estimate of drug-likeness (QED) is 0.682. The van der Waals surface area contributed by atoms with Crippen LogP contribution >= 0.6 is 22.6 Å². The Labute approximate surface area is 114 Å². The lowest BCUT2D eigenvalue weighted by molar-refractivity contribution is 0.0210. The van der Waals surface area contributed by atoms with Crippen molar-refractivity contribution in [3.8, 4) is 0 Å². The van der Waals surface area contributed by atoms with E-state index in [9.17, 15) is 15.3 Å². The Morgan fingerprint density at radius 2 is 1.88 bits per heavy atom. The maximum Gasteiger partial charge on any atom is 0.0988 e. The van der Waals surface area contributed by atoms with Crippen molar-refractivity contribution in [3.05, 3.63) is 33.4 Å². The average molecular weight is 349 g/mol. The van der Waals surface area contributed by atoms with Crippen LogP contribution in [0.1, 0.15) is 5.56 Å². The second kappa shape index (κ2) is 5.62. The van der Waals surface area contributed by atoms with Crippen LogP contribution in [-0.2, 0) is 6.54 Å². The summed E-state index contributed by atoms with van der Waals surface area (Å²) in [5.74, 6) is 0. The van der Waals surface area contributed by atoms with Crippen molar-refractivity contribution in [2.45, 2.75) is 24.8 Å². The summed E-state index contributed by atoms with van der Waals surface area (Å²) in [7, 11) is 0. The number of likely N-dealkylation sites (tertiary alicyclic amines) is 1. The summed E-state index contributed by atoms with van der Waals surface area (Å²) in [6.45, 7) is 0.900. The number of halogens is 1. The predicted molar refractivity (Wildman–Crippen MR) is 72.5 cm³/mol. The highest BCUT2D eigenvalue weighted by Crippen LogP contribution is 2.21. The maximum absolute atomic E-state index is 9.70. The van der Waals surface area contributed by atoms with Crippen LogP contribution in [0, 0.1) is 3.57 Å². The fraction of sp³-hybridized carbons (Fsp3) is 0.500. The maximum atomic E-state index is 9.70. The van der Waals surface area contributed by atoms with Crippen molar-refractivity contribution < 1.29 is 15.3 Å². The number of nitrogens with zero attached hydrogens (tertiary/aromatic N) is 1. The second-order valence-corrected chi connectivity index (χ2v) is 5.61. The molecule has 4 nitrogen and oxygen atoms in total. The van der Waals surface area contributed by atoms with Gasteiger partial charge in [-0.3, -0.25) is 4.90 Å². The highest BCUT2D eigenvalue weighted by Gasteiger charge is 2.39. The average Bonchev–Trinajstić information content (AvgIpc) is 2.58. The number of hydrogen-bond acceptors (Lipinski definition) is 4. The van der Waals surface area contributed by atoms with E-state index in [4.69, 9.17) is 0 Å². The van der Waals surface area contributed by atoms with Crippen LogP contribution in [0.3, 0.4) is 0 Å². The molecule has 0 radical (unpaired) electrons. The molecule has 0 amide bonds. The molecule has 0 saturated carbocycles. The van der Waals surface area contributed by atoms with E-state index < -0.39 is 12.2 Å². The monoisotopic (exact) mass is 349 g/mol. The molecule has 1 aliphatic rings. The van der Waals surface area contributed by atoms with Crippen LogP contribution in [-0.4, -0.2) is 51.6 Å². The van der Waals surface area contributed by atoms with Gasteiger partial charge in [-0.25, -0.2) is 0 Å². The lowest BCUT2D eigenvalue weighted by Gasteiger charge is -2.23. The molecule has 1 aliphatic heterocycles. The molecule has 1 heterocycles. The van der Waals surface area contributed by atoms with Gasteiger partial charge < -0.3 is 15.3 Å². The van der Waals surface area contributed by atoms with Crippen molar-refractivity contribution in [2.24, 2.45) is 0 Å². The van der Waals surface area contributed by atoms with Gasteiger partial charge in [0.05, 0.1) is 24.9 Å². The molecule has 0 unspecified atom stereocenters. The highest BCUT2D eigenvalue weighted by molar-refractivity contribution is 14.1. The first kappa shape index (κ1) is 13.2. The third-order valence-electron chi connectivity index (χ3n) is 3.17. The summed E-state index contributed by atoms with van der Waals surface area (Å²) in [6.07, 6.45) is -1.63. The van der Waals surface area contributed by atoms with Crippen molar-refractivity contribution >= 4 is 22.6 Å². The zero-order valence-corrected chi connectivity index (χ0v) is 11.5. The Morgan fingerprint density at radius 1 is 1.24 bits per heavy atom. The minimum absolute atomic E-state index is 0.136. The van der Waals surface area contributed by atoms with E-state index in [1.165, 1.54) is 3.57 Å². The lowest BCUT2D eigenvalue weighted by Crippen LogP contribution is -2.38. The zero-order chi connectivity index (χ0) is 12.4. The first-order chi connectivity index (χ1) is 8.11. The molecule has 94 valence electrons. The van der Waals surface area contributed by atoms with Gasteiger partial charge in [-0.05, 0) is 40.3 Å². The fourth-order valence-corrected chi connectivity index (χ4v) is 2.55. The molecule has 1 saturated heterocycles. The van der Waals surface area contributed by atoms with Crippen LogP contribution in [0.15, 0.2) is 24.3 Å². The Bertz CT molecular complexity index is 371. The van der Waals surface area contributed by atoms with Crippen LogP contribution in [0.2, 0.25) is 0 Å². The third kappa shape index (κ3) is 2.97. The summed E-state index contributed by atoms with van der Waals surface area (Å²) in [4.78, 5) is 1.91. The molecule has 0 aliphatic carbocycles. The largest absolute Gasteiger partial charge is 0.395 e. The number of rotatable bonds is 3. The van der Waals surface area contributed by atoms with E-state index in [0.29, 0.717) is 13.1 Å². The minimum atomic E-state index is -0.858. The molecule has 5 heteroatoms. The van der Waals surface area contributed by atoms with Crippen LogP contribution in [0.5, 0.6) is 0 Å². The molecule has 1 aromatic carbocycles. The first-order valence-corrected chi connectivity index (χ1v) is 6.65. The molecule has 1 aromatic rings. The molecule has 0 spiro atoms. The van der Waals surface area contributed by atoms with Crippen molar-refractivity contribution in [1.29, 1.82) is 0 Å². The number of aliphatic hydroxyl groups excluding tert-OH is 3. The van der Waals surface area contributed by atoms with Gasteiger partial charge in [-0.1, -0.05) is 12.1 Å². The van der Waals surface area contributed by atoms with Crippen molar-refractivity contribution in [2.75, 3.05) is 13.2 Å². The van der Waals surface area contributed by atoms with E-state index in [-0.39, 0.29) is 12.6 Å². The molecular weight excluding hydrogens is 333 g/mol. The van der Waals surface area contributed by atoms with Gasteiger partial charge in [0, 0.05) is 16.7 Å². The van der Waals surface area contributed by atoms with Gasteiger partial charge in [0.2, 0.25) is 0 Å². The lowest BCUT2D eigenvalue weighted by atomic mass is 10.1. The molecule has 3 atom stereocenters. The smallest absolute Gasteiger partial charge is 0.0988 e. The summed E-state index contributed by atoms with van der Waals surface area (Å²) in [5, 5.41) is 28.5. The van der Waals surface area contributed by atoms with Crippen molar-refractivity contribution in [1.82, 2.24) is 4.90 Å². The van der Waals surface area contributed by atoms with Crippen LogP contribution in [0.4, 0.5) is 0 Å². The van der Waals surface area contributed by atoms with E-state index in [1.807, 2.05) is 29.2 Å². The Hall–Kier alpha value is -0.210. The van der Waals surface area contributed by atoms with Gasteiger partial charge in [0.25, 0.3) is 0 Å². The number of aliphatic hydroxyl groups is 3. The molecule has 0 aromatic heterocycles. The molecule has 1 fully saturated rings. The molecule has 3 N–H and O–H groups in total. The van der Waals surface area contributed by atoms with E-state index in [2.05, 4.69) is 22.6 Å². The van der Waals surface area contributed by atoms with Gasteiger partial charge >= 0.3 is 0 Å². The van der Waals surface area contributed by atoms with Crippen LogP contribution in [0.25, 0.3) is 0 Å². The van der Waals surface area contributed by atoms with Gasteiger partial charge in [0.1, 0.15) is 0 Å². The number of β-amino-alcohol motifs (C(OH)–C–C–N with tert-alkyl or cyclic N) is 1. The van der Waals surface area contributed by atoms with Gasteiger partial charge in [0.15, 0.2) is 0 Å². The summed E-state index contributed by atoms with van der Waals surface area (Å²) in [5.41, 5.74) is 1.12. The summed E-state index contributed by atoms with van der Waals surface area (Å²) >= 11 is 2.25. The first-order valence-electron chi connectivity index (χ1n) is 5.57. The predicted octanol–water partition coefficient (Wildman–Crippen LogP) is 0.190. The van der Waals surface area contributed by atoms with Gasteiger partial charge in [-0.15, -0.1) is 0 Å². The zero-order valence-electron chi connectivity index (χ0n) is 9.33. The molecule has 17 heavy (non-hydrogen) atoms. The van der Waals surface area contributed by atoms with Crippen molar-refractivity contribution in [3.63, 3.8) is 0 Å². The molecule has 2 rings (SSSR count). The topological polar surface area (TPSA) is 63.9 Å². The number of hydrogen-bond donors (Lipinski definition) is 3. The molecular formula is C12H16INO3. The fourth-order valence-electron chi connectivity index (χ4n) is 2.19. The highest BCUT2D eigenvalue weighted by atomic mass is 127. The Balaban J connectivity index is 2.05. The molecule has 0 bridgehead atoms. The third-order valence-corrected chi connectivity index (χ3v) is 3.88. The standard InChI is InChI=1S/C12H16INO3/c13-9-3-1-8(2-4-9)5-14-6-11(16)12(17)10(14)7-15/h1-4,10-12,15-17H,5-7H2/t10-,11-,12+/m0/s1. The second-order valence-electron chi connectivity index (χ2n) is 4.36. The Kier molecular flexibility index (Phi) is 4.37. The van der Waals surface area contributed by atoms with E-state index in [0.717, 1.165) is 5.56 Å². The van der Waals surface area contributed by atoms with Gasteiger partial charge in [-0.2, -0.15) is 0 Å². The number of benzene rings is 1. The SMILES string of the molecule is OC[C@H]1[C@@H](O)[C@@H](O)CN1Cc1ccc(I)cc1. The minimum Gasteiger partial charge on any atom is -0.395 e. The van der Waals surface area contributed by atoms with E-state index in [1.54, 1.807) is 0 Å². The summed E-state index contributed by atoms with van der Waals surface area (Å²) < 4.78 is 1.17. The summed E-state index contributed by atoms with van der Waals surface area (Å²) in [6, 6.07) is 7.71. The Morgan fingerprint density at radius 3 is 2.47 bits per heavy atom. The van der Waals surface area contributed by atoms with E-state index >= 15 is 0 Å².